The third kappa shape index (κ3) is 1.21. The quantitative estimate of drug-likeness (QED) is 0.768. The first kappa shape index (κ1) is 8.81. The highest BCUT2D eigenvalue weighted by Gasteiger charge is 2.16. The van der Waals surface area contributed by atoms with Crippen LogP contribution in [0.1, 0.15) is 21.7 Å². The van der Waals surface area contributed by atoms with Crippen LogP contribution in [-0.4, -0.2) is 16.1 Å². The number of hydrogen-bond donors (Lipinski definition) is 2. The van der Waals surface area contributed by atoms with Gasteiger partial charge in [-0.25, -0.2) is 4.79 Å². The molecule has 0 amide bonds. The summed E-state index contributed by atoms with van der Waals surface area (Å²) in [7, 11) is 0. The summed E-state index contributed by atoms with van der Waals surface area (Å²) in [4.78, 5) is 13.1. The fourth-order valence-electron chi connectivity index (χ4n) is 0.875. The van der Waals surface area contributed by atoms with E-state index in [9.17, 15) is 4.79 Å². The molecule has 0 atom stereocenters. The number of H-pyrrole nitrogens is 1. The Bertz CT molecular complexity index is 375. The number of aromatic nitrogens is 1. The lowest BCUT2D eigenvalue weighted by molar-refractivity contribution is 0.0690. The molecule has 1 aromatic heterocycles. The summed E-state index contributed by atoms with van der Waals surface area (Å²) in [5.41, 5.74) is 0.915. The van der Waals surface area contributed by atoms with E-state index in [1.165, 1.54) is 0 Å². The molecular formula is C7H5BrN2O2. The molecular weight excluding hydrogens is 224 g/mol. The smallest absolute Gasteiger partial charge is 0.353 e. The average molecular weight is 229 g/mol. The van der Waals surface area contributed by atoms with E-state index < -0.39 is 5.97 Å². The molecule has 0 radical (unpaired) electrons. The van der Waals surface area contributed by atoms with Crippen LogP contribution < -0.4 is 0 Å². The average Bonchev–Trinajstić information content (AvgIpc) is 2.27. The summed E-state index contributed by atoms with van der Waals surface area (Å²) in [6.07, 6.45) is 0. The molecule has 62 valence electrons. The molecule has 0 aliphatic heterocycles. The lowest BCUT2D eigenvalue weighted by Gasteiger charge is -1.87. The molecule has 12 heavy (non-hydrogen) atoms. The summed E-state index contributed by atoms with van der Waals surface area (Å²) in [5.74, 6) is -1.08. The molecule has 0 aliphatic carbocycles. The Balaban J connectivity index is 3.39. The lowest BCUT2D eigenvalue weighted by atomic mass is 10.3. The van der Waals surface area contributed by atoms with Crippen LogP contribution in [-0.2, 0) is 0 Å². The van der Waals surface area contributed by atoms with Crippen molar-refractivity contribution in [3.63, 3.8) is 0 Å². The van der Waals surface area contributed by atoms with Gasteiger partial charge in [-0.2, -0.15) is 5.26 Å². The van der Waals surface area contributed by atoms with E-state index in [0.29, 0.717) is 15.7 Å². The highest BCUT2D eigenvalue weighted by atomic mass is 79.9. The molecule has 0 spiro atoms. The Hall–Kier alpha value is -1.28. The standard InChI is InChI=1S/C7H5BrN2O2/c1-3-4(2-9)5(8)6(10-3)7(11)12/h10H,1H3,(H,11,12). The maximum atomic E-state index is 10.5. The number of nitrogens with zero attached hydrogens (tertiary/aromatic N) is 1. The van der Waals surface area contributed by atoms with Crippen LogP contribution in [0.5, 0.6) is 0 Å². The van der Waals surface area contributed by atoms with Gasteiger partial charge in [0.25, 0.3) is 0 Å². The fraction of sp³-hybridized carbons (Fsp3) is 0.143. The number of hydrogen-bond acceptors (Lipinski definition) is 2. The molecule has 1 heterocycles. The summed E-state index contributed by atoms with van der Waals surface area (Å²) in [6.45, 7) is 1.65. The van der Waals surface area contributed by atoms with Gasteiger partial charge in [-0.15, -0.1) is 0 Å². The predicted octanol–water partition coefficient (Wildman–Crippen LogP) is 1.66. The van der Waals surface area contributed by atoms with Crippen LogP contribution in [0.4, 0.5) is 0 Å². The van der Waals surface area contributed by atoms with Crippen LogP contribution in [0.15, 0.2) is 4.47 Å². The zero-order valence-corrected chi connectivity index (χ0v) is 7.77. The van der Waals surface area contributed by atoms with Crippen molar-refractivity contribution in [3.8, 4) is 6.07 Å². The summed E-state index contributed by atoms with van der Waals surface area (Å²) in [5, 5.41) is 17.2. The Morgan fingerprint density at radius 1 is 1.75 bits per heavy atom. The SMILES string of the molecule is Cc1[nH]c(C(=O)O)c(Br)c1C#N. The van der Waals surface area contributed by atoms with Gasteiger partial charge in [0.15, 0.2) is 0 Å². The van der Waals surface area contributed by atoms with E-state index in [4.69, 9.17) is 10.4 Å². The number of aromatic carboxylic acids is 1. The Morgan fingerprint density at radius 3 is 2.58 bits per heavy atom. The Kier molecular flexibility index (Phi) is 2.20. The van der Waals surface area contributed by atoms with Gasteiger partial charge < -0.3 is 10.1 Å². The largest absolute Gasteiger partial charge is 0.477 e. The number of rotatable bonds is 1. The summed E-state index contributed by atoms with van der Waals surface area (Å²) < 4.78 is 0.315. The number of carbonyl (C=O) groups is 1. The van der Waals surface area contributed by atoms with Crippen molar-refractivity contribution in [2.75, 3.05) is 0 Å². The van der Waals surface area contributed by atoms with Crippen LogP contribution in [0.3, 0.4) is 0 Å². The predicted molar refractivity (Wildman–Crippen MR) is 44.9 cm³/mol. The minimum Gasteiger partial charge on any atom is -0.477 e. The van der Waals surface area contributed by atoms with Gasteiger partial charge >= 0.3 is 5.97 Å². The Labute approximate surface area is 77.0 Å². The number of aromatic amines is 1. The van der Waals surface area contributed by atoms with Gasteiger partial charge in [0, 0.05) is 5.69 Å². The fourth-order valence-corrected chi connectivity index (χ4v) is 1.53. The number of carboxylic acid groups (broad SMARTS) is 1. The second kappa shape index (κ2) is 2.99. The number of halogens is 1. The minimum absolute atomic E-state index is 0.0176. The number of aryl methyl sites for hydroxylation is 1. The van der Waals surface area contributed by atoms with Crippen molar-refractivity contribution in [2.24, 2.45) is 0 Å². The molecule has 5 heteroatoms. The highest BCUT2D eigenvalue weighted by Crippen LogP contribution is 2.23. The molecule has 0 unspecified atom stereocenters. The first-order valence-corrected chi connectivity index (χ1v) is 3.88. The molecule has 1 aromatic rings. The molecule has 4 nitrogen and oxygen atoms in total. The van der Waals surface area contributed by atoms with Gasteiger partial charge in [-0.1, -0.05) is 0 Å². The van der Waals surface area contributed by atoms with E-state index >= 15 is 0 Å². The monoisotopic (exact) mass is 228 g/mol. The van der Waals surface area contributed by atoms with Crippen LogP contribution in [0.2, 0.25) is 0 Å². The van der Waals surface area contributed by atoms with Gasteiger partial charge in [-0.3, -0.25) is 0 Å². The van der Waals surface area contributed by atoms with E-state index in [-0.39, 0.29) is 5.69 Å². The Morgan fingerprint density at radius 2 is 2.33 bits per heavy atom. The second-order valence-corrected chi connectivity index (χ2v) is 3.02. The lowest BCUT2D eigenvalue weighted by Crippen LogP contribution is -1.96. The van der Waals surface area contributed by atoms with Crippen LogP contribution >= 0.6 is 15.9 Å². The summed E-state index contributed by atoms with van der Waals surface area (Å²) in [6, 6.07) is 1.90. The van der Waals surface area contributed by atoms with Crippen molar-refractivity contribution in [2.45, 2.75) is 6.92 Å². The van der Waals surface area contributed by atoms with Gasteiger partial charge in [0.1, 0.15) is 11.8 Å². The topological polar surface area (TPSA) is 76.9 Å². The zero-order chi connectivity index (χ0) is 9.30. The van der Waals surface area contributed by atoms with Gasteiger partial charge in [0.05, 0.1) is 10.0 Å². The van der Waals surface area contributed by atoms with Crippen LogP contribution in [0.25, 0.3) is 0 Å². The number of nitriles is 1. The van der Waals surface area contributed by atoms with Crippen molar-refractivity contribution in [1.29, 1.82) is 5.26 Å². The van der Waals surface area contributed by atoms with Crippen molar-refractivity contribution >= 4 is 21.9 Å². The van der Waals surface area contributed by atoms with E-state index in [1.807, 2.05) is 6.07 Å². The molecule has 0 fully saturated rings. The molecule has 0 bridgehead atoms. The molecule has 0 aliphatic rings. The summed E-state index contributed by atoms with van der Waals surface area (Å²) >= 11 is 3.03. The molecule has 0 saturated heterocycles. The minimum atomic E-state index is -1.08. The van der Waals surface area contributed by atoms with E-state index in [2.05, 4.69) is 20.9 Å². The number of carboxylic acids is 1. The maximum Gasteiger partial charge on any atom is 0.353 e. The van der Waals surface area contributed by atoms with E-state index in [0.717, 1.165) is 0 Å². The maximum absolute atomic E-state index is 10.5. The van der Waals surface area contributed by atoms with E-state index in [1.54, 1.807) is 6.92 Å². The molecule has 0 saturated carbocycles. The second-order valence-electron chi connectivity index (χ2n) is 2.23. The van der Waals surface area contributed by atoms with Crippen LogP contribution in [0, 0.1) is 18.3 Å². The molecule has 0 aromatic carbocycles. The number of nitrogens with one attached hydrogen (secondary N) is 1. The van der Waals surface area contributed by atoms with Crippen molar-refractivity contribution in [3.05, 3.63) is 21.4 Å². The first-order chi connectivity index (χ1) is 5.57. The molecule has 2 N–H and O–H groups in total. The van der Waals surface area contributed by atoms with Gasteiger partial charge in [-0.05, 0) is 22.9 Å². The molecule has 1 rings (SSSR count). The highest BCUT2D eigenvalue weighted by molar-refractivity contribution is 9.10. The third-order valence-corrected chi connectivity index (χ3v) is 2.25. The van der Waals surface area contributed by atoms with Gasteiger partial charge in [0.2, 0.25) is 0 Å². The zero-order valence-electron chi connectivity index (χ0n) is 6.18. The third-order valence-electron chi connectivity index (χ3n) is 1.45. The van der Waals surface area contributed by atoms with Crippen molar-refractivity contribution < 1.29 is 9.90 Å². The van der Waals surface area contributed by atoms with Crippen molar-refractivity contribution in [1.82, 2.24) is 4.98 Å². The first-order valence-electron chi connectivity index (χ1n) is 3.09. The normalized spacial score (nSPS) is 9.42.